The third-order valence-electron chi connectivity index (χ3n) is 5.47. The summed E-state index contributed by atoms with van der Waals surface area (Å²) >= 11 is 0. The summed E-state index contributed by atoms with van der Waals surface area (Å²) in [6.45, 7) is 13.6. The fourth-order valence-corrected chi connectivity index (χ4v) is 4.05. The Balaban J connectivity index is 2.18. The second-order valence-corrected chi connectivity index (χ2v) is 8.28. The summed E-state index contributed by atoms with van der Waals surface area (Å²) in [7, 11) is 0. The molecule has 1 saturated carbocycles. The Kier molecular flexibility index (Phi) is 4.82. The summed E-state index contributed by atoms with van der Waals surface area (Å²) in [5, 5.41) is 10.5. The van der Waals surface area contributed by atoms with Crippen molar-refractivity contribution in [3.8, 4) is 0 Å². The standard InChI is InChI=1S/C20H32O/c1-13-9-14(2)18(15(3)10-13)12-16-11-17(20(4,5)6)7-8-19(16)21/h9-10,16-17,19,21H,7-8,11-12H2,1-6H3. The van der Waals surface area contributed by atoms with E-state index in [1.165, 1.54) is 28.7 Å². The van der Waals surface area contributed by atoms with E-state index in [4.69, 9.17) is 0 Å². The fourth-order valence-electron chi connectivity index (χ4n) is 4.05. The van der Waals surface area contributed by atoms with Crippen LogP contribution in [0.15, 0.2) is 12.1 Å². The third kappa shape index (κ3) is 3.88. The normalized spacial score (nSPS) is 26.9. The third-order valence-corrected chi connectivity index (χ3v) is 5.47. The van der Waals surface area contributed by atoms with Crippen LogP contribution in [0, 0.1) is 38.0 Å². The molecule has 0 amide bonds. The SMILES string of the molecule is Cc1cc(C)c(CC2CC(C(C)(C)C)CCC2O)c(C)c1. The van der Waals surface area contributed by atoms with Crippen molar-refractivity contribution in [2.24, 2.45) is 17.3 Å². The van der Waals surface area contributed by atoms with Gasteiger partial charge in [-0.15, -0.1) is 0 Å². The van der Waals surface area contributed by atoms with Gasteiger partial charge in [0.25, 0.3) is 0 Å². The molecular formula is C20H32O. The average Bonchev–Trinajstić information content (AvgIpc) is 2.34. The minimum atomic E-state index is -0.122. The molecule has 0 bridgehead atoms. The number of rotatable bonds is 2. The van der Waals surface area contributed by atoms with Crippen LogP contribution >= 0.6 is 0 Å². The van der Waals surface area contributed by atoms with Crippen LogP contribution in [-0.2, 0) is 6.42 Å². The van der Waals surface area contributed by atoms with Crippen LogP contribution in [0.5, 0.6) is 0 Å². The van der Waals surface area contributed by atoms with Crippen molar-refractivity contribution in [3.05, 3.63) is 34.4 Å². The second kappa shape index (κ2) is 6.12. The van der Waals surface area contributed by atoms with Crippen LogP contribution in [-0.4, -0.2) is 11.2 Å². The molecule has 1 heteroatoms. The van der Waals surface area contributed by atoms with Gasteiger partial charge in [0, 0.05) is 0 Å². The van der Waals surface area contributed by atoms with Gasteiger partial charge in [-0.3, -0.25) is 0 Å². The lowest BCUT2D eigenvalue weighted by Gasteiger charge is -2.40. The van der Waals surface area contributed by atoms with Gasteiger partial charge in [-0.1, -0.05) is 38.5 Å². The zero-order valence-electron chi connectivity index (χ0n) is 14.7. The van der Waals surface area contributed by atoms with E-state index in [0.717, 1.165) is 25.2 Å². The lowest BCUT2D eigenvalue weighted by atomic mass is 9.67. The van der Waals surface area contributed by atoms with Gasteiger partial charge in [0.05, 0.1) is 6.10 Å². The number of aryl methyl sites for hydroxylation is 3. The maximum absolute atomic E-state index is 10.5. The van der Waals surface area contributed by atoms with Crippen LogP contribution in [0.1, 0.15) is 62.3 Å². The molecule has 0 heterocycles. The molecule has 1 aromatic rings. The van der Waals surface area contributed by atoms with Gasteiger partial charge in [0.1, 0.15) is 0 Å². The fraction of sp³-hybridized carbons (Fsp3) is 0.700. The lowest BCUT2D eigenvalue weighted by Crippen LogP contribution is -2.35. The highest BCUT2D eigenvalue weighted by molar-refractivity contribution is 5.37. The molecule has 0 aliphatic heterocycles. The monoisotopic (exact) mass is 288 g/mol. The lowest BCUT2D eigenvalue weighted by molar-refractivity contribution is 0.0195. The molecule has 1 nitrogen and oxygen atoms in total. The molecule has 21 heavy (non-hydrogen) atoms. The van der Waals surface area contributed by atoms with Crippen molar-refractivity contribution in [1.29, 1.82) is 0 Å². The maximum atomic E-state index is 10.5. The minimum Gasteiger partial charge on any atom is -0.393 e. The molecular weight excluding hydrogens is 256 g/mol. The van der Waals surface area contributed by atoms with Crippen molar-refractivity contribution in [3.63, 3.8) is 0 Å². The van der Waals surface area contributed by atoms with Crippen molar-refractivity contribution in [2.45, 2.75) is 73.3 Å². The van der Waals surface area contributed by atoms with Gasteiger partial charge in [0.15, 0.2) is 0 Å². The molecule has 3 unspecified atom stereocenters. The predicted octanol–water partition coefficient (Wildman–Crippen LogP) is 4.98. The van der Waals surface area contributed by atoms with Crippen molar-refractivity contribution in [1.82, 2.24) is 0 Å². The highest BCUT2D eigenvalue weighted by Crippen LogP contribution is 2.41. The van der Waals surface area contributed by atoms with Crippen LogP contribution < -0.4 is 0 Å². The zero-order chi connectivity index (χ0) is 15.8. The highest BCUT2D eigenvalue weighted by Gasteiger charge is 2.35. The summed E-state index contributed by atoms with van der Waals surface area (Å²) in [5.41, 5.74) is 5.93. The van der Waals surface area contributed by atoms with Crippen molar-refractivity contribution in [2.75, 3.05) is 0 Å². The number of benzene rings is 1. The van der Waals surface area contributed by atoms with Crippen LogP contribution in [0.4, 0.5) is 0 Å². The first-order valence-electron chi connectivity index (χ1n) is 8.43. The zero-order valence-corrected chi connectivity index (χ0v) is 14.7. The summed E-state index contributed by atoms with van der Waals surface area (Å²) in [6.07, 6.45) is 4.22. The Morgan fingerprint density at radius 2 is 1.62 bits per heavy atom. The molecule has 1 N–H and O–H groups in total. The molecule has 1 aliphatic rings. The Morgan fingerprint density at radius 1 is 1.05 bits per heavy atom. The molecule has 0 radical (unpaired) electrons. The summed E-state index contributed by atoms with van der Waals surface area (Å²) < 4.78 is 0. The van der Waals surface area contributed by atoms with E-state index in [0.29, 0.717) is 11.3 Å². The van der Waals surface area contributed by atoms with Crippen molar-refractivity contribution < 1.29 is 5.11 Å². The van der Waals surface area contributed by atoms with E-state index in [-0.39, 0.29) is 6.10 Å². The molecule has 0 aromatic heterocycles. The quantitative estimate of drug-likeness (QED) is 0.814. The van der Waals surface area contributed by atoms with Crippen LogP contribution in [0.25, 0.3) is 0 Å². The summed E-state index contributed by atoms with van der Waals surface area (Å²) in [6, 6.07) is 4.55. The Labute approximate surface area is 130 Å². The van der Waals surface area contributed by atoms with Gasteiger partial charge in [0.2, 0.25) is 0 Å². The molecule has 1 fully saturated rings. The summed E-state index contributed by atoms with van der Waals surface area (Å²) in [5.74, 6) is 1.15. The Hall–Kier alpha value is -0.820. The maximum Gasteiger partial charge on any atom is 0.0571 e. The van der Waals surface area contributed by atoms with E-state index in [1.54, 1.807) is 0 Å². The highest BCUT2D eigenvalue weighted by atomic mass is 16.3. The predicted molar refractivity (Wildman–Crippen MR) is 90.6 cm³/mol. The van der Waals surface area contributed by atoms with E-state index < -0.39 is 0 Å². The first-order valence-corrected chi connectivity index (χ1v) is 8.43. The van der Waals surface area contributed by atoms with Crippen LogP contribution in [0.3, 0.4) is 0 Å². The number of aliphatic hydroxyl groups excluding tert-OH is 1. The number of hydrogen-bond donors (Lipinski definition) is 1. The molecule has 0 saturated heterocycles. The van der Waals surface area contributed by atoms with Gasteiger partial charge >= 0.3 is 0 Å². The smallest absolute Gasteiger partial charge is 0.0571 e. The first kappa shape index (κ1) is 16.5. The molecule has 0 spiro atoms. The van der Waals surface area contributed by atoms with Crippen LogP contribution in [0.2, 0.25) is 0 Å². The minimum absolute atomic E-state index is 0.122. The number of hydrogen-bond acceptors (Lipinski definition) is 1. The van der Waals surface area contributed by atoms with E-state index >= 15 is 0 Å². The van der Waals surface area contributed by atoms with Gasteiger partial charge in [-0.25, -0.2) is 0 Å². The second-order valence-electron chi connectivity index (χ2n) is 8.28. The molecule has 118 valence electrons. The van der Waals surface area contributed by atoms with Gasteiger partial charge in [-0.2, -0.15) is 0 Å². The Morgan fingerprint density at radius 3 is 2.14 bits per heavy atom. The molecule has 3 atom stereocenters. The topological polar surface area (TPSA) is 20.2 Å². The number of aliphatic hydroxyl groups is 1. The van der Waals surface area contributed by atoms with E-state index in [1.807, 2.05) is 0 Å². The van der Waals surface area contributed by atoms with E-state index in [9.17, 15) is 5.11 Å². The average molecular weight is 288 g/mol. The first-order chi connectivity index (χ1) is 9.68. The van der Waals surface area contributed by atoms with Gasteiger partial charge < -0.3 is 5.11 Å². The molecule has 1 aliphatic carbocycles. The summed E-state index contributed by atoms with van der Waals surface area (Å²) in [4.78, 5) is 0. The van der Waals surface area contributed by atoms with E-state index in [2.05, 4.69) is 53.7 Å². The molecule has 2 rings (SSSR count). The molecule has 1 aromatic carbocycles. The van der Waals surface area contributed by atoms with Crippen molar-refractivity contribution >= 4 is 0 Å². The van der Waals surface area contributed by atoms with Gasteiger partial charge in [-0.05, 0) is 80.4 Å². The largest absolute Gasteiger partial charge is 0.393 e. The Bertz CT molecular complexity index is 472.